The second kappa shape index (κ2) is 11.1. The Morgan fingerprint density at radius 3 is 2.45 bits per heavy atom. The van der Waals surface area contributed by atoms with Gasteiger partial charge in [0.15, 0.2) is 0 Å². The molecule has 212 valence electrons. The molecular weight excluding hydrogens is 535 g/mol. The normalized spacial score (nSPS) is 14.6. The number of phenolic OH excluding ortho intramolecular Hbond substituents is 1. The number of hydrogen-bond donors (Lipinski definition) is 3. The average Bonchev–Trinajstić information content (AvgIpc) is 3.43. The Balaban J connectivity index is 1.25. The van der Waals surface area contributed by atoms with Gasteiger partial charge < -0.3 is 20.1 Å². The van der Waals surface area contributed by atoms with Gasteiger partial charge in [0.2, 0.25) is 5.91 Å². The van der Waals surface area contributed by atoms with E-state index in [9.17, 15) is 24.2 Å². The molecule has 0 saturated carbocycles. The van der Waals surface area contributed by atoms with E-state index in [1.165, 1.54) is 12.1 Å². The van der Waals surface area contributed by atoms with Crippen molar-refractivity contribution in [3.63, 3.8) is 0 Å². The number of pyridine rings is 1. The lowest BCUT2D eigenvalue weighted by atomic mass is 9.73. The monoisotopic (exact) mass is 564 g/mol. The zero-order chi connectivity index (χ0) is 29.3. The first kappa shape index (κ1) is 27.1. The van der Waals surface area contributed by atoms with E-state index in [-0.39, 0.29) is 30.3 Å². The van der Waals surface area contributed by atoms with Crippen LogP contribution >= 0.6 is 0 Å². The molecule has 0 unspecified atom stereocenters. The molecule has 0 aliphatic carbocycles. The number of amides is 1. The number of aromatic amines is 1. The van der Waals surface area contributed by atoms with Crippen molar-refractivity contribution in [2.75, 3.05) is 13.1 Å². The summed E-state index contributed by atoms with van der Waals surface area (Å²) in [5.41, 5.74) is 4.18. The highest BCUT2D eigenvalue weighted by atomic mass is 19.1. The van der Waals surface area contributed by atoms with E-state index in [0.717, 1.165) is 27.8 Å². The lowest BCUT2D eigenvalue weighted by molar-refractivity contribution is -0.154. The van der Waals surface area contributed by atoms with E-state index < -0.39 is 11.4 Å². The number of carboxylic acids is 1. The van der Waals surface area contributed by atoms with Crippen LogP contribution in [0.15, 0.2) is 85.2 Å². The van der Waals surface area contributed by atoms with Gasteiger partial charge in [0.1, 0.15) is 22.9 Å². The zero-order valence-corrected chi connectivity index (χ0v) is 22.8. The number of nitrogens with zero attached hydrogens (tertiary/aromatic N) is 3. The van der Waals surface area contributed by atoms with Crippen LogP contribution in [0.2, 0.25) is 0 Å². The van der Waals surface area contributed by atoms with Gasteiger partial charge in [0, 0.05) is 30.4 Å². The molecule has 42 heavy (non-hydrogen) atoms. The summed E-state index contributed by atoms with van der Waals surface area (Å²) in [5.74, 6) is -0.640. The third-order valence-corrected chi connectivity index (χ3v) is 8.19. The molecule has 3 heterocycles. The Hall–Kier alpha value is -5.05. The van der Waals surface area contributed by atoms with Crippen molar-refractivity contribution >= 4 is 22.9 Å². The maximum atomic E-state index is 13.6. The summed E-state index contributed by atoms with van der Waals surface area (Å²) in [7, 11) is 0. The van der Waals surface area contributed by atoms with Gasteiger partial charge in [0.25, 0.3) is 0 Å². The van der Waals surface area contributed by atoms with Gasteiger partial charge in [0.05, 0.1) is 23.5 Å². The van der Waals surface area contributed by atoms with Gasteiger partial charge in [-0.15, -0.1) is 0 Å². The molecule has 1 saturated heterocycles. The number of para-hydroxylation sites is 1. The number of piperidine rings is 1. The van der Waals surface area contributed by atoms with Crippen molar-refractivity contribution in [3.05, 3.63) is 102 Å². The number of nitrogens with one attached hydrogen (secondary N) is 1. The van der Waals surface area contributed by atoms with Crippen LogP contribution in [0.5, 0.6) is 5.75 Å². The molecule has 2 aromatic heterocycles. The predicted octanol–water partition coefficient (Wildman–Crippen LogP) is 5.62. The van der Waals surface area contributed by atoms with Crippen LogP contribution in [-0.2, 0) is 22.4 Å². The lowest BCUT2D eigenvalue weighted by Crippen LogP contribution is -2.48. The van der Waals surface area contributed by atoms with Gasteiger partial charge in [-0.3, -0.25) is 14.6 Å². The Morgan fingerprint density at radius 2 is 1.74 bits per heavy atom. The van der Waals surface area contributed by atoms with Crippen molar-refractivity contribution in [2.45, 2.75) is 25.7 Å². The van der Waals surface area contributed by atoms with Gasteiger partial charge >= 0.3 is 5.97 Å². The number of halogens is 1. The number of phenols is 1. The van der Waals surface area contributed by atoms with Gasteiger partial charge in [-0.05, 0) is 66.3 Å². The third kappa shape index (κ3) is 5.33. The Bertz CT molecular complexity index is 1740. The van der Waals surface area contributed by atoms with Crippen LogP contribution in [0.25, 0.3) is 33.5 Å². The number of fused-ring (bicyclic) bond motifs is 1. The molecule has 1 fully saturated rings. The van der Waals surface area contributed by atoms with Crippen LogP contribution in [-0.4, -0.2) is 55.0 Å². The fourth-order valence-electron chi connectivity index (χ4n) is 5.74. The summed E-state index contributed by atoms with van der Waals surface area (Å²) < 4.78 is 13.4. The first-order chi connectivity index (χ1) is 20.3. The van der Waals surface area contributed by atoms with Crippen LogP contribution in [0.3, 0.4) is 0 Å². The number of imidazole rings is 1. The molecule has 8 nitrogen and oxygen atoms in total. The molecule has 5 aromatic rings. The fourth-order valence-corrected chi connectivity index (χ4v) is 5.74. The number of carboxylic acid groups (broad SMARTS) is 1. The molecule has 1 aliphatic rings. The van der Waals surface area contributed by atoms with Crippen LogP contribution in [0, 0.1) is 11.2 Å². The van der Waals surface area contributed by atoms with E-state index in [1.807, 2.05) is 36.4 Å². The number of aliphatic carboxylic acids is 1. The number of hydrogen-bond acceptors (Lipinski definition) is 5. The summed E-state index contributed by atoms with van der Waals surface area (Å²) in [6.07, 6.45) is 4.34. The van der Waals surface area contributed by atoms with Crippen molar-refractivity contribution in [2.24, 2.45) is 5.41 Å². The number of rotatable bonds is 7. The summed E-state index contributed by atoms with van der Waals surface area (Å²) in [5, 5.41) is 20.6. The fraction of sp³-hybridized carbons (Fsp3) is 0.212. The summed E-state index contributed by atoms with van der Waals surface area (Å²) in [6.45, 7) is 0.627. The van der Waals surface area contributed by atoms with Crippen LogP contribution in [0.4, 0.5) is 4.39 Å². The molecule has 3 N–H and O–H groups in total. The molecule has 1 amide bonds. The number of carbonyl (C=O) groups is 2. The summed E-state index contributed by atoms with van der Waals surface area (Å²) in [4.78, 5) is 39.8. The van der Waals surface area contributed by atoms with E-state index in [4.69, 9.17) is 4.98 Å². The second-order valence-corrected chi connectivity index (χ2v) is 10.8. The smallest absolute Gasteiger partial charge is 0.310 e. The molecule has 1 aliphatic heterocycles. The molecule has 0 atom stereocenters. The van der Waals surface area contributed by atoms with Crippen molar-refractivity contribution in [3.8, 4) is 28.3 Å². The van der Waals surface area contributed by atoms with Crippen molar-refractivity contribution in [1.29, 1.82) is 0 Å². The number of aromatic nitrogens is 3. The topological polar surface area (TPSA) is 119 Å². The van der Waals surface area contributed by atoms with Gasteiger partial charge in [-0.2, -0.15) is 0 Å². The Labute approximate surface area is 241 Å². The number of likely N-dealkylation sites (tertiary alicyclic amines) is 1. The molecule has 0 radical (unpaired) electrons. The average molecular weight is 565 g/mol. The number of H-pyrrole nitrogens is 1. The highest BCUT2D eigenvalue weighted by Gasteiger charge is 2.42. The molecule has 6 rings (SSSR count). The quantitative estimate of drug-likeness (QED) is 0.236. The number of aromatic hydroxyl groups is 1. The van der Waals surface area contributed by atoms with E-state index >= 15 is 0 Å². The summed E-state index contributed by atoms with van der Waals surface area (Å²) >= 11 is 0. The number of benzene rings is 3. The van der Waals surface area contributed by atoms with E-state index in [0.29, 0.717) is 42.8 Å². The SMILES string of the molecule is O=C(Cc1ccc(-c2ccccc2O)cc1-c1nc2cnccc2[nH]1)N1CCC(Cc2ccc(F)cc2)(C(=O)O)CC1. The molecule has 9 heteroatoms. The molecule has 3 aromatic carbocycles. The van der Waals surface area contributed by atoms with Crippen molar-refractivity contribution in [1.82, 2.24) is 19.9 Å². The minimum atomic E-state index is -1.01. The highest BCUT2D eigenvalue weighted by Crippen LogP contribution is 2.37. The van der Waals surface area contributed by atoms with Crippen molar-refractivity contribution < 1.29 is 24.2 Å². The molecular formula is C33H29FN4O4. The lowest BCUT2D eigenvalue weighted by Gasteiger charge is -2.39. The highest BCUT2D eigenvalue weighted by molar-refractivity contribution is 5.86. The minimum Gasteiger partial charge on any atom is -0.507 e. The number of carbonyl (C=O) groups excluding carboxylic acids is 1. The van der Waals surface area contributed by atoms with Crippen LogP contribution in [0.1, 0.15) is 24.0 Å². The van der Waals surface area contributed by atoms with E-state index in [2.05, 4.69) is 9.97 Å². The van der Waals surface area contributed by atoms with E-state index in [1.54, 1.807) is 41.6 Å². The predicted molar refractivity (Wildman–Crippen MR) is 156 cm³/mol. The third-order valence-electron chi connectivity index (χ3n) is 8.19. The summed E-state index contributed by atoms with van der Waals surface area (Å²) in [6, 6.07) is 20.5. The Morgan fingerprint density at radius 1 is 0.976 bits per heavy atom. The van der Waals surface area contributed by atoms with Crippen LogP contribution < -0.4 is 0 Å². The van der Waals surface area contributed by atoms with Gasteiger partial charge in [-0.25, -0.2) is 9.37 Å². The molecule has 0 bridgehead atoms. The largest absolute Gasteiger partial charge is 0.507 e. The molecule has 0 spiro atoms. The zero-order valence-electron chi connectivity index (χ0n) is 22.8. The standard InChI is InChI=1S/C33H29FN4O4/c34-24-9-5-21(6-10-24)19-33(32(41)42)12-15-38(16-13-33)30(40)18-23-8-7-22(25-3-1-2-4-29(25)39)17-26(23)31-36-27-11-14-35-20-28(27)37-31/h1-11,14,17,20,39H,12-13,15-16,18-19H2,(H,36,37)(H,41,42). The maximum Gasteiger partial charge on any atom is 0.310 e. The van der Waals surface area contributed by atoms with Gasteiger partial charge in [-0.1, -0.05) is 42.5 Å². The Kier molecular flexibility index (Phi) is 7.16. The first-order valence-electron chi connectivity index (χ1n) is 13.8. The maximum absolute atomic E-state index is 13.6. The second-order valence-electron chi connectivity index (χ2n) is 10.8. The minimum absolute atomic E-state index is 0.101. The first-order valence-corrected chi connectivity index (χ1v) is 13.8.